The van der Waals surface area contributed by atoms with E-state index in [1.54, 1.807) is 6.08 Å². The first-order valence-corrected chi connectivity index (χ1v) is 23.3. The minimum absolute atomic E-state index is 0.0184. The summed E-state index contributed by atoms with van der Waals surface area (Å²) >= 11 is 0. The number of hydrogen-bond acceptors (Lipinski definition) is 9. The zero-order valence-corrected chi connectivity index (χ0v) is 37.4. The van der Waals surface area contributed by atoms with Crippen LogP contribution in [-0.2, 0) is 32.7 Å². The summed E-state index contributed by atoms with van der Waals surface area (Å²) in [5.74, 6) is -1.06. The molecule has 336 valence electrons. The molecule has 0 aromatic rings. The van der Waals surface area contributed by atoms with Crippen LogP contribution in [0.2, 0.25) is 0 Å². The molecule has 60 heavy (non-hydrogen) atoms. The third kappa shape index (κ3) is 42.2. The fourth-order valence-corrected chi connectivity index (χ4v) is 5.67. The van der Waals surface area contributed by atoms with Gasteiger partial charge in [-0.15, -0.1) is 0 Å². The Labute approximate surface area is 362 Å². The summed E-state index contributed by atoms with van der Waals surface area (Å²) in [5, 5.41) is 9.83. The lowest BCUT2D eigenvalue weighted by Crippen LogP contribution is -2.29. The van der Waals surface area contributed by atoms with Crippen molar-refractivity contribution in [1.29, 1.82) is 0 Å². The van der Waals surface area contributed by atoms with Crippen LogP contribution in [0.3, 0.4) is 0 Å². The fourth-order valence-electron chi connectivity index (χ4n) is 4.90. The molecule has 0 aliphatic heterocycles. The second-order valence-corrected chi connectivity index (χ2v) is 15.1. The van der Waals surface area contributed by atoms with Crippen molar-refractivity contribution >= 4 is 19.8 Å². The van der Waals surface area contributed by atoms with Crippen LogP contribution in [0.1, 0.15) is 123 Å². The zero-order valence-electron chi connectivity index (χ0n) is 36.5. The SMILES string of the molecule is CC/C=C\CC(O)/C=C/C=C/C/C=C\C/C=C\C/C=C\CCC(=O)OC[C@H](COP(=O)(O)OCCN)OC(=O)CC/C=C\C/C=C\C/C=C\C/C=C\C/C=C\CCCCC. The standard InChI is InChI=1S/C49H76NO9P/c1-3-5-7-8-9-10-11-12-13-14-15-16-17-20-24-27-30-33-37-41-49(53)59-47(45-58-60(54,55)57-43-42-50)44-56-48(52)40-36-32-29-26-23-21-18-19-22-25-28-31-35-39-46(51)38-34-6-4-2/h6,9-10,12-13,15-16,19-24,28-35,39,46-47,51H,3-5,7-8,11,14,17-18,25-27,36-38,40-45,50H2,1-2H3,(H,54,55)/b10-9-,13-12-,16-15-,22-19-,23-21-,24-20-,31-28+,32-29-,33-30-,34-6-,39-35+/t46?,47-/m1/s1. The molecule has 0 saturated heterocycles. The van der Waals surface area contributed by atoms with Crippen LogP contribution >= 0.6 is 7.82 Å². The topological polar surface area (TPSA) is 155 Å². The summed E-state index contributed by atoms with van der Waals surface area (Å²) in [6.45, 7) is 3.27. The van der Waals surface area contributed by atoms with Gasteiger partial charge in [0.05, 0.1) is 19.3 Å². The maximum Gasteiger partial charge on any atom is 0.472 e. The summed E-state index contributed by atoms with van der Waals surface area (Å²) in [6, 6.07) is 0. The van der Waals surface area contributed by atoms with Gasteiger partial charge < -0.3 is 25.2 Å². The molecule has 2 unspecified atom stereocenters. The Bertz CT molecular complexity index is 1450. The van der Waals surface area contributed by atoms with Crippen molar-refractivity contribution in [2.24, 2.45) is 5.73 Å². The Morgan fingerprint density at radius 1 is 0.600 bits per heavy atom. The third-order valence-electron chi connectivity index (χ3n) is 8.13. The predicted octanol–water partition coefficient (Wildman–Crippen LogP) is 11.7. The van der Waals surface area contributed by atoms with E-state index in [9.17, 15) is 24.2 Å². The smallest absolute Gasteiger partial charge is 0.462 e. The molecule has 0 fully saturated rings. The molecule has 10 nitrogen and oxygen atoms in total. The number of unbranched alkanes of at least 4 members (excludes halogenated alkanes) is 3. The summed E-state index contributed by atoms with van der Waals surface area (Å²) in [6.07, 6.45) is 57.0. The number of allylic oxidation sites excluding steroid dienone is 20. The Balaban J connectivity index is 4.47. The number of carbonyl (C=O) groups is 2. The quantitative estimate of drug-likeness (QED) is 0.0180. The van der Waals surface area contributed by atoms with Gasteiger partial charge in [-0.05, 0) is 83.5 Å². The first kappa shape index (κ1) is 56.1. The maximum absolute atomic E-state index is 12.6. The molecule has 0 bridgehead atoms. The van der Waals surface area contributed by atoms with Crippen molar-refractivity contribution in [2.75, 3.05) is 26.4 Å². The van der Waals surface area contributed by atoms with E-state index in [4.69, 9.17) is 24.3 Å². The lowest BCUT2D eigenvalue weighted by molar-refractivity contribution is -0.161. The Kier molecular flexibility index (Phi) is 40.4. The van der Waals surface area contributed by atoms with Gasteiger partial charge in [0, 0.05) is 19.4 Å². The Morgan fingerprint density at radius 2 is 1.10 bits per heavy atom. The van der Waals surface area contributed by atoms with Gasteiger partial charge in [-0.1, -0.05) is 160 Å². The number of phosphoric ester groups is 1. The van der Waals surface area contributed by atoms with Gasteiger partial charge in [0.15, 0.2) is 6.10 Å². The van der Waals surface area contributed by atoms with Gasteiger partial charge in [-0.3, -0.25) is 18.6 Å². The van der Waals surface area contributed by atoms with Crippen LogP contribution in [0, 0.1) is 0 Å². The molecular weight excluding hydrogens is 778 g/mol. The molecule has 0 heterocycles. The average molecular weight is 854 g/mol. The summed E-state index contributed by atoms with van der Waals surface area (Å²) in [5.41, 5.74) is 5.33. The molecule has 0 saturated carbocycles. The number of carbonyl (C=O) groups excluding carboxylic acids is 2. The van der Waals surface area contributed by atoms with Gasteiger partial charge >= 0.3 is 19.8 Å². The van der Waals surface area contributed by atoms with Crippen LogP contribution in [0.5, 0.6) is 0 Å². The minimum Gasteiger partial charge on any atom is -0.462 e. The lowest BCUT2D eigenvalue weighted by Gasteiger charge is -2.19. The number of nitrogens with two attached hydrogens (primary N) is 1. The Hall–Kier alpha value is -3.89. The van der Waals surface area contributed by atoms with E-state index < -0.39 is 38.6 Å². The van der Waals surface area contributed by atoms with E-state index in [0.717, 1.165) is 51.4 Å². The maximum atomic E-state index is 12.6. The van der Waals surface area contributed by atoms with E-state index in [2.05, 4.69) is 80.7 Å². The summed E-state index contributed by atoms with van der Waals surface area (Å²) < 4.78 is 32.6. The van der Waals surface area contributed by atoms with E-state index in [1.807, 2.05) is 60.8 Å². The van der Waals surface area contributed by atoms with Crippen molar-refractivity contribution in [3.8, 4) is 0 Å². The molecule has 0 aliphatic carbocycles. The van der Waals surface area contributed by atoms with E-state index in [0.29, 0.717) is 19.3 Å². The average Bonchev–Trinajstić information content (AvgIpc) is 3.23. The highest BCUT2D eigenvalue weighted by Crippen LogP contribution is 2.43. The van der Waals surface area contributed by atoms with Gasteiger partial charge in [0.25, 0.3) is 0 Å². The van der Waals surface area contributed by atoms with Crippen molar-refractivity contribution in [3.63, 3.8) is 0 Å². The highest BCUT2D eigenvalue weighted by atomic mass is 31.2. The molecule has 0 spiro atoms. The normalized spacial score (nSPS) is 15.1. The van der Waals surface area contributed by atoms with E-state index in [1.165, 1.54) is 25.7 Å². The number of phosphoric acid groups is 1. The lowest BCUT2D eigenvalue weighted by atomic mass is 10.2. The van der Waals surface area contributed by atoms with Crippen molar-refractivity contribution in [3.05, 3.63) is 134 Å². The predicted molar refractivity (Wildman–Crippen MR) is 248 cm³/mol. The number of hydrogen-bond donors (Lipinski definition) is 3. The summed E-state index contributed by atoms with van der Waals surface area (Å²) in [4.78, 5) is 34.8. The van der Waals surface area contributed by atoms with Crippen molar-refractivity contribution in [2.45, 2.75) is 135 Å². The molecule has 0 radical (unpaired) electrons. The highest BCUT2D eigenvalue weighted by molar-refractivity contribution is 7.47. The molecule has 0 rings (SSSR count). The number of rotatable bonds is 38. The van der Waals surface area contributed by atoms with Gasteiger partial charge in [-0.25, -0.2) is 4.57 Å². The summed E-state index contributed by atoms with van der Waals surface area (Å²) in [7, 11) is -4.43. The molecule has 0 aliphatic rings. The molecule has 11 heteroatoms. The third-order valence-corrected chi connectivity index (χ3v) is 9.11. The number of esters is 2. The second kappa shape index (κ2) is 43.2. The van der Waals surface area contributed by atoms with E-state index >= 15 is 0 Å². The van der Waals surface area contributed by atoms with Gasteiger partial charge in [0.1, 0.15) is 6.61 Å². The van der Waals surface area contributed by atoms with Crippen LogP contribution in [0.4, 0.5) is 0 Å². The van der Waals surface area contributed by atoms with Crippen molar-refractivity contribution in [1.82, 2.24) is 0 Å². The molecule has 0 aromatic carbocycles. The first-order chi connectivity index (χ1) is 29.2. The van der Waals surface area contributed by atoms with Crippen molar-refractivity contribution < 1.29 is 42.7 Å². The van der Waals surface area contributed by atoms with Crippen LogP contribution in [0.15, 0.2) is 134 Å². The highest BCUT2D eigenvalue weighted by Gasteiger charge is 2.25. The molecular formula is C49H76NO9P. The first-order valence-electron chi connectivity index (χ1n) is 21.8. The van der Waals surface area contributed by atoms with Crippen LogP contribution < -0.4 is 5.73 Å². The Morgan fingerprint density at radius 3 is 1.62 bits per heavy atom. The van der Waals surface area contributed by atoms with Gasteiger partial charge in [0.2, 0.25) is 0 Å². The monoisotopic (exact) mass is 854 g/mol. The van der Waals surface area contributed by atoms with Crippen LogP contribution in [0.25, 0.3) is 0 Å². The zero-order chi connectivity index (χ0) is 44.0. The number of aliphatic hydroxyl groups excluding tert-OH is 1. The van der Waals surface area contributed by atoms with Gasteiger partial charge in [-0.2, -0.15) is 0 Å². The largest absolute Gasteiger partial charge is 0.472 e. The second-order valence-electron chi connectivity index (χ2n) is 13.7. The molecule has 0 aromatic heterocycles. The number of aliphatic hydroxyl groups is 1. The molecule has 4 N–H and O–H groups in total. The fraction of sp³-hybridized carbons (Fsp3) is 0.510. The molecule has 3 atom stereocenters. The minimum atomic E-state index is -4.43. The van der Waals surface area contributed by atoms with Crippen LogP contribution in [-0.4, -0.2) is 60.5 Å². The molecule has 0 amide bonds. The van der Waals surface area contributed by atoms with E-state index in [-0.39, 0.29) is 32.6 Å². The number of ether oxygens (including phenoxy) is 2.